The maximum Gasteiger partial charge on any atom is 2.00 e. The van der Waals surface area contributed by atoms with Gasteiger partial charge in [0, 0.05) is 17.0 Å². The van der Waals surface area contributed by atoms with Gasteiger partial charge < -0.3 is 14.9 Å². The Morgan fingerprint density at radius 2 is 1.48 bits per heavy atom. The van der Waals surface area contributed by atoms with Gasteiger partial charge in [-0.2, -0.15) is 22.6 Å². The molecule has 0 saturated heterocycles. The van der Waals surface area contributed by atoms with Crippen LogP contribution in [0.3, 0.4) is 0 Å². The number of aliphatic imine (C=N–C) groups is 1. The van der Waals surface area contributed by atoms with Crippen LogP contribution in [-0.4, -0.2) is 22.2 Å². The minimum atomic E-state index is -0.566. The predicted octanol–water partition coefficient (Wildman–Crippen LogP) is 9.63. The molecule has 220 valence electrons. The molecule has 0 radical (unpaired) electrons. The zero-order chi connectivity index (χ0) is 28.8. The van der Waals surface area contributed by atoms with E-state index in [0.717, 1.165) is 50.4 Å². The third-order valence-corrected chi connectivity index (χ3v) is 9.03. The summed E-state index contributed by atoms with van der Waals surface area (Å²) in [6.45, 7) is 4.43. The second kappa shape index (κ2) is 15.5. The van der Waals surface area contributed by atoms with Crippen molar-refractivity contribution >= 4 is 12.1 Å². The summed E-state index contributed by atoms with van der Waals surface area (Å²) in [5.74, 6) is 1.72. The molecule has 0 N–H and O–H groups in total. The molecule has 8 heteroatoms. The second-order valence-corrected chi connectivity index (χ2v) is 11.9. The summed E-state index contributed by atoms with van der Waals surface area (Å²) >= 11 is 0. The van der Waals surface area contributed by atoms with Gasteiger partial charge in [0.05, 0.1) is 0 Å². The van der Waals surface area contributed by atoms with Gasteiger partial charge in [0.15, 0.2) is 5.82 Å². The van der Waals surface area contributed by atoms with Gasteiger partial charge in [-0.15, -0.1) is 12.1 Å². The summed E-state index contributed by atoms with van der Waals surface area (Å²) in [4.78, 5) is 8.81. The van der Waals surface area contributed by atoms with Gasteiger partial charge in [-0.05, 0) is 61.3 Å². The fraction of sp³-hybridized carbons (Fsp3) is 0.529. The molecule has 1 heterocycles. The Morgan fingerprint density at radius 3 is 2.12 bits per heavy atom. The molecule has 2 aliphatic carbocycles. The second-order valence-electron chi connectivity index (χ2n) is 11.9. The molecule has 2 aliphatic rings. The molecule has 5 nitrogen and oxygen atoms in total. The molecule has 2 aromatic carbocycles. The van der Waals surface area contributed by atoms with E-state index in [-0.39, 0.29) is 59.9 Å². The topological polar surface area (TPSA) is 73.6 Å². The third-order valence-electron chi connectivity index (χ3n) is 9.03. The number of rotatable bonds is 9. The average Bonchev–Trinajstić information content (AvgIpc) is 3.49. The number of halogens is 2. The van der Waals surface area contributed by atoms with Crippen LogP contribution in [0, 0.1) is 60.5 Å². The molecule has 0 unspecified atom stereocenters. The zero-order valence-corrected chi connectivity index (χ0v) is 28.9. The predicted molar refractivity (Wildman–Crippen MR) is 160 cm³/mol. The van der Waals surface area contributed by atoms with E-state index in [1.54, 1.807) is 12.1 Å². The van der Waals surface area contributed by atoms with E-state index in [0.29, 0.717) is 22.8 Å². The van der Waals surface area contributed by atoms with Gasteiger partial charge in [0.2, 0.25) is 0 Å². The van der Waals surface area contributed by atoms with Gasteiger partial charge in [-0.25, -0.2) is 8.78 Å². The molecular weight excluding hydrogens is 756 g/mol. The normalized spacial score (nSPS) is 22.7. The smallest absolute Gasteiger partial charge is 0.540 e. The molecule has 3 aromatic rings. The van der Waals surface area contributed by atoms with Crippen LogP contribution in [-0.2, 0) is 0 Å². The van der Waals surface area contributed by atoms with Gasteiger partial charge in [-0.3, -0.25) is 0 Å². The van der Waals surface area contributed by atoms with Crippen LogP contribution >= 0.6 is 0 Å². The molecule has 0 atom stereocenters. The van der Waals surface area contributed by atoms with E-state index in [1.165, 1.54) is 62.8 Å². The Bertz CT molecular complexity index is 1360. The Kier molecular flexibility index (Phi) is 12.1. The maximum absolute atomic E-state index is 15.0. The van der Waals surface area contributed by atoms with Crippen LogP contribution in [0.2, 0.25) is 0 Å². The van der Waals surface area contributed by atoms with Crippen LogP contribution in [0.4, 0.5) is 8.78 Å². The van der Waals surface area contributed by atoms with Gasteiger partial charge >= 0.3 is 31.1 Å². The summed E-state index contributed by atoms with van der Waals surface area (Å²) in [7, 11) is 0. The summed E-state index contributed by atoms with van der Waals surface area (Å²) in [6.07, 6.45) is 16.2. The van der Waals surface area contributed by atoms with Crippen LogP contribution in [0.25, 0.3) is 28.0 Å². The number of aromatic nitrogens is 2. The van der Waals surface area contributed by atoms with Crippen molar-refractivity contribution < 1.29 is 44.4 Å². The molecule has 0 bridgehead atoms. The Hall–Kier alpha value is -2.17. The third kappa shape index (κ3) is 8.05. The van der Waals surface area contributed by atoms with Gasteiger partial charge in [-0.1, -0.05) is 82.4 Å². The zero-order valence-electron chi connectivity index (χ0n) is 24.7. The van der Waals surface area contributed by atoms with E-state index >= 15 is 4.39 Å². The van der Waals surface area contributed by atoms with Crippen molar-refractivity contribution in [1.82, 2.24) is 10.1 Å². The number of benzene rings is 2. The molecule has 0 aliphatic heterocycles. The standard InChI is InChI=1S/C34H40F2N4O.U/c1-3-5-22-7-12-25(13-8-22)32(37)38-21-24-11-17-30(35)28(19-24)29-20-27(16-18-31(29)36)34-39-33(40-41-34)26-14-9-23(6-4-2)10-15-26;/h11,16-20,22-23,25-26H,3-10,12-15H2,1-2H3;/q-2;+2. The average molecular weight is 797 g/mol. The van der Waals surface area contributed by atoms with Gasteiger partial charge in [0.1, 0.15) is 11.6 Å². The van der Waals surface area contributed by atoms with E-state index in [9.17, 15) is 9.80 Å². The Morgan fingerprint density at radius 1 is 0.881 bits per heavy atom. The Balaban J connectivity index is 0.00000405. The minimum absolute atomic E-state index is 0. The van der Waals surface area contributed by atoms with Crippen molar-refractivity contribution in [1.29, 1.82) is 0 Å². The minimum Gasteiger partial charge on any atom is -0.540 e. The molecule has 42 heavy (non-hydrogen) atoms. The van der Waals surface area contributed by atoms with Gasteiger partial charge in [0.25, 0.3) is 5.89 Å². The van der Waals surface area contributed by atoms with Crippen LogP contribution in [0.5, 0.6) is 0 Å². The molecule has 5 rings (SSSR count). The van der Waals surface area contributed by atoms with Crippen LogP contribution in [0.15, 0.2) is 45.9 Å². The number of nitrogens with zero attached hydrogens (tertiary/aromatic N) is 4. The summed E-state index contributed by atoms with van der Waals surface area (Å²) in [5, 5.41) is 14.8. The number of hydrogen-bond acceptors (Lipinski definition) is 3. The van der Waals surface area contributed by atoms with Crippen molar-refractivity contribution in [2.45, 2.75) is 96.8 Å². The van der Waals surface area contributed by atoms with Crippen molar-refractivity contribution in [2.24, 2.45) is 22.7 Å². The monoisotopic (exact) mass is 796 g/mol. The van der Waals surface area contributed by atoms with E-state index in [1.807, 2.05) is 0 Å². The molecular formula is C34H40F2N4OU. The van der Waals surface area contributed by atoms with E-state index in [2.05, 4.69) is 35.2 Å². The first-order valence-corrected chi connectivity index (χ1v) is 15.4. The first-order chi connectivity index (χ1) is 19.9. The quantitative estimate of drug-likeness (QED) is 0.123. The fourth-order valence-corrected chi connectivity index (χ4v) is 6.63. The van der Waals surface area contributed by atoms with E-state index in [4.69, 9.17) is 4.52 Å². The van der Waals surface area contributed by atoms with E-state index < -0.39 is 11.6 Å². The largest absolute Gasteiger partial charge is 2.00 e. The van der Waals surface area contributed by atoms with Crippen LogP contribution in [0.1, 0.15) is 108 Å². The number of amidine groups is 1. The summed E-state index contributed by atoms with van der Waals surface area (Å²) < 4.78 is 35.5. The van der Waals surface area contributed by atoms with Crippen molar-refractivity contribution in [2.75, 3.05) is 0 Å². The number of hydrogen-bond donors (Lipinski definition) is 0. The van der Waals surface area contributed by atoms with Crippen molar-refractivity contribution in [3.63, 3.8) is 0 Å². The van der Waals surface area contributed by atoms with Crippen LogP contribution < -0.4 is 0 Å². The molecule has 0 amide bonds. The summed E-state index contributed by atoms with van der Waals surface area (Å²) in [5.41, 5.74) is 1.16. The van der Waals surface area contributed by atoms with Crippen molar-refractivity contribution in [3.05, 3.63) is 64.8 Å². The first kappa shape index (κ1) is 32.7. The maximum atomic E-state index is 15.0. The summed E-state index contributed by atoms with van der Waals surface area (Å²) in [6, 6.07) is 8.71. The molecule has 2 saturated carbocycles. The molecule has 0 spiro atoms. The Labute approximate surface area is 272 Å². The fourth-order valence-electron chi connectivity index (χ4n) is 6.63. The molecule has 1 aromatic heterocycles. The molecule has 2 fully saturated rings. The van der Waals surface area contributed by atoms with Crippen molar-refractivity contribution in [3.8, 4) is 22.6 Å². The SMILES string of the molecule is CCCC1CCC(C(=[N-])N=[C-]c2ccc(F)c(-c3cc(-c4nc(C5CCC(CCC)CC5)no4)ccc3F)c2)CC1.[U+2]. The first-order valence-electron chi connectivity index (χ1n) is 15.4.